The molecule has 1 aromatic rings. The highest BCUT2D eigenvalue weighted by atomic mass is 79.9. The lowest BCUT2D eigenvalue weighted by molar-refractivity contribution is -0.152. The molecule has 33 heavy (non-hydrogen) atoms. The number of esters is 1. The Morgan fingerprint density at radius 3 is 2.52 bits per heavy atom. The molecule has 0 bridgehead atoms. The zero-order chi connectivity index (χ0) is 24.2. The maximum absolute atomic E-state index is 13.6. The minimum atomic E-state index is -0.882. The quantitative estimate of drug-likeness (QED) is 0.447. The number of nitrogens with one attached hydrogen (secondary N) is 1. The summed E-state index contributed by atoms with van der Waals surface area (Å²) in [6.07, 6.45) is 4.47. The van der Waals surface area contributed by atoms with Crippen molar-refractivity contribution in [3.63, 3.8) is 0 Å². The van der Waals surface area contributed by atoms with Gasteiger partial charge in [0.05, 0.1) is 13.7 Å². The van der Waals surface area contributed by atoms with Crippen molar-refractivity contribution in [3.05, 3.63) is 22.9 Å². The number of halogens is 1. The summed E-state index contributed by atoms with van der Waals surface area (Å²) in [6, 6.07) is 1.74. The molecule has 0 spiro atoms. The van der Waals surface area contributed by atoms with E-state index in [2.05, 4.69) is 26.2 Å². The number of rotatable bonds is 6. The Hall–Kier alpha value is -2.36. The molecule has 2 heterocycles. The van der Waals surface area contributed by atoms with Gasteiger partial charge in [0.15, 0.2) is 0 Å². The van der Waals surface area contributed by atoms with Gasteiger partial charge < -0.3 is 24.4 Å². The van der Waals surface area contributed by atoms with E-state index < -0.39 is 35.7 Å². The summed E-state index contributed by atoms with van der Waals surface area (Å²) in [7, 11) is 1.29. The summed E-state index contributed by atoms with van der Waals surface area (Å²) < 4.78 is 17.1. The number of ether oxygens (including phenoxy) is 3. The Labute approximate surface area is 202 Å². The molecule has 2 aliphatic rings. The molecule has 3 atom stereocenters. The monoisotopic (exact) mass is 525 g/mol. The van der Waals surface area contributed by atoms with Crippen LogP contribution in [0.25, 0.3) is 0 Å². The summed E-state index contributed by atoms with van der Waals surface area (Å²) in [4.78, 5) is 44.2. The number of nitrogens with zero attached hydrogens (tertiary/aromatic N) is 2. The summed E-state index contributed by atoms with van der Waals surface area (Å²) in [5.74, 6) is -0.319. The average Bonchev–Trinajstić information content (AvgIpc) is 3.40. The number of hydrogen-bond donors (Lipinski definition) is 1. The van der Waals surface area contributed by atoms with Gasteiger partial charge in [-0.3, -0.25) is 4.79 Å². The molecule has 0 radical (unpaired) electrons. The number of likely N-dealkylation sites (tertiary alicyclic amines) is 1. The third-order valence-electron chi connectivity index (χ3n) is 5.97. The van der Waals surface area contributed by atoms with Crippen molar-refractivity contribution < 1.29 is 28.6 Å². The molecule has 2 amide bonds. The van der Waals surface area contributed by atoms with E-state index in [0.717, 1.165) is 25.7 Å². The van der Waals surface area contributed by atoms with E-state index in [1.165, 1.54) is 12.0 Å². The molecule has 9 nitrogen and oxygen atoms in total. The zero-order valence-corrected chi connectivity index (χ0v) is 21.1. The maximum Gasteiger partial charge on any atom is 0.408 e. The van der Waals surface area contributed by atoms with Crippen LogP contribution in [-0.4, -0.2) is 65.8 Å². The average molecular weight is 526 g/mol. The molecule has 1 saturated heterocycles. The first-order valence-corrected chi connectivity index (χ1v) is 12.0. The van der Waals surface area contributed by atoms with Crippen LogP contribution in [0.3, 0.4) is 0 Å². The van der Waals surface area contributed by atoms with Gasteiger partial charge in [-0.15, -0.1) is 0 Å². The lowest BCUT2D eigenvalue weighted by atomic mass is 9.85. The van der Waals surface area contributed by atoms with Gasteiger partial charge in [-0.05, 0) is 53.1 Å². The lowest BCUT2D eigenvalue weighted by Gasteiger charge is -2.34. The molecule has 0 aromatic carbocycles. The van der Waals surface area contributed by atoms with Crippen molar-refractivity contribution in [2.24, 2.45) is 5.41 Å². The largest absolute Gasteiger partial charge is 0.488 e. The molecule has 3 rings (SSSR count). The van der Waals surface area contributed by atoms with Crippen LogP contribution in [0.15, 0.2) is 22.9 Å². The fourth-order valence-electron chi connectivity index (χ4n) is 4.26. The number of aromatic nitrogens is 1. The van der Waals surface area contributed by atoms with E-state index in [0.29, 0.717) is 10.4 Å². The van der Waals surface area contributed by atoms with Crippen LogP contribution in [0.4, 0.5) is 4.79 Å². The molecule has 1 aliphatic carbocycles. The highest BCUT2D eigenvalue weighted by Crippen LogP contribution is 2.29. The van der Waals surface area contributed by atoms with Crippen molar-refractivity contribution >= 4 is 33.9 Å². The van der Waals surface area contributed by atoms with Crippen LogP contribution >= 0.6 is 15.9 Å². The second-order valence-corrected chi connectivity index (χ2v) is 10.4. The van der Waals surface area contributed by atoms with E-state index in [-0.39, 0.29) is 25.0 Å². The first-order chi connectivity index (χ1) is 15.6. The summed E-state index contributed by atoms with van der Waals surface area (Å²) in [5, 5.41) is 2.75. The highest BCUT2D eigenvalue weighted by Gasteiger charge is 2.46. The third kappa shape index (κ3) is 6.59. The van der Waals surface area contributed by atoms with Crippen molar-refractivity contribution in [2.45, 2.75) is 77.2 Å². The Morgan fingerprint density at radius 2 is 1.91 bits per heavy atom. The minimum absolute atomic E-state index is 0.118. The van der Waals surface area contributed by atoms with E-state index >= 15 is 0 Å². The fraction of sp³-hybridized carbons (Fsp3) is 0.652. The predicted octanol–water partition coefficient (Wildman–Crippen LogP) is 3.45. The highest BCUT2D eigenvalue weighted by molar-refractivity contribution is 9.10. The molecule has 1 aliphatic heterocycles. The van der Waals surface area contributed by atoms with Crippen LogP contribution in [0.5, 0.6) is 5.75 Å². The SMILES string of the molecule is COC(=O)[C@@H]1C[C@@H](Oc2ccnc(Br)c2)CN1C(=O)C(NC(=O)OC1CCCC1)C(C)(C)C. The second kappa shape index (κ2) is 10.7. The summed E-state index contributed by atoms with van der Waals surface area (Å²) in [6.45, 7) is 5.76. The third-order valence-corrected chi connectivity index (χ3v) is 6.40. The van der Waals surface area contributed by atoms with E-state index in [1.54, 1.807) is 18.3 Å². The normalized spacial score (nSPS) is 22.0. The molecule has 1 aromatic heterocycles. The van der Waals surface area contributed by atoms with Crippen molar-refractivity contribution in [1.82, 2.24) is 15.2 Å². The van der Waals surface area contributed by atoms with Gasteiger partial charge >= 0.3 is 12.1 Å². The first kappa shape index (κ1) is 25.3. The molecule has 1 unspecified atom stereocenters. The molecular weight excluding hydrogens is 494 g/mol. The van der Waals surface area contributed by atoms with Crippen LogP contribution in [0.2, 0.25) is 0 Å². The Bertz CT molecular complexity index is 868. The second-order valence-electron chi connectivity index (χ2n) is 9.57. The van der Waals surface area contributed by atoms with Crippen molar-refractivity contribution in [2.75, 3.05) is 13.7 Å². The Balaban J connectivity index is 1.75. The summed E-state index contributed by atoms with van der Waals surface area (Å²) in [5.41, 5.74) is -0.610. The van der Waals surface area contributed by atoms with Gasteiger partial charge in [0, 0.05) is 18.7 Å². The summed E-state index contributed by atoms with van der Waals surface area (Å²) >= 11 is 3.31. The van der Waals surface area contributed by atoms with Crippen LogP contribution in [0, 0.1) is 5.41 Å². The number of carbonyl (C=O) groups is 3. The van der Waals surface area contributed by atoms with Crippen LogP contribution in [0.1, 0.15) is 52.9 Å². The standard InChI is InChI=1S/C23H32BrN3O6/c1-23(2,3)19(26-22(30)33-14-7-5-6-8-14)20(28)27-13-16(11-17(27)21(29)31-4)32-15-9-10-25-18(24)12-15/h9-10,12,14,16-17,19H,5-8,11,13H2,1-4H3,(H,26,30)/t16-,17+,19?/m1/s1. The molecule has 1 N–H and O–H groups in total. The smallest absolute Gasteiger partial charge is 0.408 e. The van der Waals surface area contributed by atoms with E-state index in [4.69, 9.17) is 14.2 Å². The van der Waals surface area contributed by atoms with Gasteiger partial charge in [-0.2, -0.15) is 0 Å². The molecule has 2 fully saturated rings. The lowest BCUT2D eigenvalue weighted by Crippen LogP contribution is -2.57. The maximum atomic E-state index is 13.6. The van der Waals surface area contributed by atoms with Gasteiger partial charge in [-0.1, -0.05) is 20.8 Å². The van der Waals surface area contributed by atoms with Crippen LogP contribution in [-0.2, 0) is 19.1 Å². The van der Waals surface area contributed by atoms with Crippen molar-refractivity contribution in [1.29, 1.82) is 0 Å². The van der Waals surface area contributed by atoms with Crippen LogP contribution < -0.4 is 10.1 Å². The predicted molar refractivity (Wildman–Crippen MR) is 124 cm³/mol. The topological polar surface area (TPSA) is 107 Å². The number of pyridine rings is 1. The molecule has 182 valence electrons. The van der Waals surface area contributed by atoms with E-state index in [9.17, 15) is 14.4 Å². The van der Waals surface area contributed by atoms with Gasteiger partial charge in [0.1, 0.15) is 34.6 Å². The molecule has 10 heteroatoms. The number of alkyl carbamates (subject to hydrolysis) is 1. The first-order valence-electron chi connectivity index (χ1n) is 11.2. The number of hydrogen-bond acceptors (Lipinski definition) is 7. The Kier molecular flexibility index (Phi) is 8.20. The Morgan fingerprint density at radius 1 is 1.21 bits per heavy atom. The molecular formula is C23H32BrN3O6. The van der Waals surface area contributed by atoms with Crippen molar-refractivity contribution in [3.8, 4) is 5.75 Å². The molecule has 1 saturated carbocycles. The number of amides is 2. The van der Waals surface area contributed by atoms with Gasteiger partial charge in [0.25, 0.3) is 0 Å². The minimum Gasteiger partial charge on any atom is -0.488 e. The van der Waals surface area contributed by atoms with Gasteiger partial charge in [-0.25, -0.2) is 14.6 Å². The number of methoxy groups -OCH3 is 1. The van der Waals surface area contributed by atoms with E-state index in [1.807, 2.05) is 20.8 Å². The van der Waals surface area contributed by atoms with Gasteiger partial charge in [0.2, 0.25) is 5.91 Å². The zero-order valence-electron chi connectivity index (χ0n) is 19.5. The number of carbonyl (C=O) groups excluding carboxylic acids is 3. The fourth-order valence-corrected chi connectivity index (χ4v) is 4.60.